The van der Waals surface area contributed by atoms with Gasteiger partial charge in [-0.1, -0.05) is 65.7 Å². The minimum absolute atomic E-state index is 0.0241. The first-order valence-electron chi connectivity index (χ1n) is 11.6. The summed E-state index contributed by atoms with van der Waals surface area (Å²) in [5.41, 5.74) is 6.00. The first kappa shape index (κ1) is 22.3. The molecule has 1 aliphatic heterocycles. The summed E-state index contributed by atoms with van der Waals surface area (Å²) in [4.78, 5) is 18.0. The molecule has 0 aromatic heterocycles. The van der Waals surface area contributed by atoms with E-state index in [0.717, 1.165) is 47.6 Å². The maximum Gasteiger partial charge on any atom is 0.226 e. The Bertz CT molecular complexity index is 1160. The second-order valence-electron chi connectivity index (χ2n) is 9.21. The average Bonchev–Trinajstić information content (AvgIpc) is 2.84. The van der Waals surface area contributed by atoms with E-state index in [1.807, 2.05) is 25.1 Å². The smallest absolute Gasteiger partial charge is 0.226 e. The molecule has 0 bridgehead atoms. The van der Waals surface area contributed by atoms with Crippen LogP contribution in [0.2, 0.25) is 10.0 Å². The number of amides is 1. The lowest BCUT2D eigenvalue weighted by molar-refractivity contribution is -0.136. The zero-order chi connectivity index (χ0) is 22.9. The fourth-order valence-corrected chi connectivity index (χ4v) is 5.72. The van der Waals surface area contributed by atoms with Crippen molar-refractivity contribution >= 4 is 34.8 Å². The molecule has 3 aromatic rings. The second-order valence-corrected chi connectivity index (χ2v) is 10.1. The molecule has 0 radical (unpaired) electrons. The van der Waals surface area contributed by atoms with Gasteiger partial charge in [0.1, 0.15) is 0 Å². The molecule has 1 saturated heterocycles. The molecular formula is C28H28Cl2N2O. The Morgan fingerprint density at radius 2 is 1.70 bits per heavy atom. The normalized spacial score (nSPS) is 20.5. The Kier molecular flexibility index (Phi) is 6.36. The number of carbonyl (C=O) groups excluding carboxylic acids is 1. The summed E-state index contributed by atoms with van der Waals surface area (Å²) in [7, 11) is 0. The van der Waals surface area contributed by atoms with E-state index >= 15 is 0 Å². The van der Waals surface area contributed by atoms with Gasteiger partial charge in [0, 0.05) is 30.6 Å². The van der Waals surface area contributed by atoms with Crippen LogP contribution in [-0.4, -0.2) is 30.4 Å². The highest BCUT2D eigenvalue weighted by molar-refractivity contribution is 6.33. The molecule has 1 fully saturated rings. The summed E-state index contributed by atoms with van der Waals surface area (Å²) >= 11 is 12.8. The third kappa shape index (κ3) is 4.62. The van der Waals surface area contributed by atoms with Gasteiger partial charge in [0.2, 0.25) is 5.91 Å². The number of halogens is 2. The number of piperazine rings is 1. The lowest BCUT2D eigenvalue weighted by Gasteiger charge is -2.44. The summed E-state index contributed by atoms with van der Waals surface area (Å²) in [5.74, 6) is 0.332. The number of hydrogen-bond donors (Lipinski definition) is 0. The molecule has 2 atom stereocenters. The molecule has 3 nitrogen and oxygen atoms in total. The summed E-state index contributed by atoms with van der Waals surface area (Å²) in [5, 5.41) is 1.46. The highest BCUT2D eigenvalue weighted by Crippen LogP contribution is 2.37. The third-order valence-electron chi connectivity index (χ3n) is 7.06. The highest BCUT2D eigenvalue weighted by Gasteiger charge is 2.35. The quantitative estimate of drug-likeness (QED) is 0.428. The minimum atomic E-state index is 0.0241. The number of aryl methyl sites for hydroxylation is 2. The standard InChI is InChI=1S/C28H28Cl2N2O/c1-19-6-13-26(25(30)16-19)32-15-14-31(18-27(32)21-9-11-24(29)12-10-21)28(33)23-8-7-20-4-2-3-5-22(20)17-23/h2-6,9-13,16,23,27H,7-8,14-15,17-18H2,1H3. The maximum absolute atomic E-state index is 13.6. The van der Waals surface area contributed by atoms with Gasteiger partial charge >= 0.3 is 0 Å². The fraction of sp³-hybridized carbons (Fsp3) is 0.321. The van der Waals surface area contributed by atoms with Crippen LogP contribution in [0.25, 0.3) is 0 Å². The van der Waals surface area contributed by atoms with Gasteiger partial charge in [-0.25, -0.2) is 0 Å². The number of hydrogen-bond acceptors (Lipinski definition) is 2. The van der Waals surface area contributed by atoms with Gasteiger partial charge in [-0.15, -0.1) is 0 Å². The largest absolute Gasteiger partial charge is 0.360 e. The number of anilines is 1. The molecule has 1 aliphatic carbocycles. The van der Waals surface area contributed by atoms with Crippen LogP contribution in [0.1, 0.15) is 34.7 Å². The molecule has 0 N–H and O–H groups in total. The first-order chi connectivity index (χ1) is 16.0. The molecule has 3 aromatic carbocycles. The lowest BCUT2D eigenvalue weighted by atomic mass is 9.83. The predicted octanol–water partition coefficient (Wildman–Crippen LogP) is 6.50. The second kappa shape index (κ2) is 9.40. The monoisotopic (exact) mass is 478 g/mol. The van der Waals surface area contributed by atoms with E-state index in [-0.39, 0.29) is 17.9 Å². The Balaban J connectivity index is 1.41. The average molecular weight is 479 g/mol. The summed E-state index contributed by atoms with van der Waals surface area (Å²) in [6, 6.07) is 22.7. The van der Waals surface area contributed by atoms with Gasteiger partial charge in [0.05, 0.1) is 16.8 Å². The molecule has 2 unspecified atom stereocenters. The van der Waals surface area contributed by atoms with Gasteiger partial charge < -0.3 is 9.80 Å². The fourth-order valence-electron chi connectivity index (χ4n) is 5.25. The minimum Gasteiger partial charge on any atom is -0.360 e. The maximum atomic E-state index is 13.6. The van der Waals surface area contributed by atoms with Crippen LogP contribution in [0.4, 0.5) is 5.69 Å². The molecule has 1 amide bonds. The van der Waals surface area contributed by atoms with Gasteiger partial charge in [0.25, 0.3) is 0 Å². The van der Waals surface area contributed by atoms with Gasteiger partial charge in [-0.2, -0.15) is 0 Å². The summed E-state index contributed by atoms with van der Waals surface area (Å²) < 4.78 is 0. The summed E-state index contributed by atoms with van der Waals surface area (Å²) in [6.45, 7) is 4.13. The number of benzene rings is 3. The van der Waals surface area contributed by atoms with Crippen molar-refractivity contribution in [2.45, 2.75) is 32.2 Å². The number of carbonyl (C=O) groups is 1. The lowest BCUT2D eigenvalue weighted by Crippen LogP contribution is -2.52. The van der Waals surface area contributed by atoms with E-state index in [1.165, 1.54) is 11.1 Å². The number of rotatable bonds is 3. The zero-order valence-electron chi connectivity index (χ0n) is 18.8. The molecular weight excluding hydrogens is 451 g/mol. The topological polar surface area (TPSA) is 23.6 Å². The van der Waals surface area contributed by atoms with Gasteiger partial charge in [-0.3, -0.25) is 4.79 Å². The van der Waals surface area contributed by atoms with Crippen molar-refractivity contribution in [1.29, 1.82) is 0 Å². The van der Waals surface area contributed by atoms with Crippen molar-refractivity contribution in [2.75, 3.05) is 24.5 Å². The Labute approximate surface area is 205 Å². The van der Waals surface area contributed by atoms with E-state index in [1.54, 1.807) is 0 Å². The summed E-state index contributed by atoms with van der Waals surface area (Å²) in [6.07, 6.45) is 2.74. The molecule has 2 aliphatic rings. The van der Waals surface area contributed by atoms with Crippen LogP contribution in [0.5, 0.6) is 0 Å². The van der Waals surface area contributed by atoms with Crippen LogP contribution in [0.3, 0.4) is 0 Å². The highest BCUT2D eigenvalue weighted by atomic mass is 35.5. The predicted molar refractivity (Wildman–Crippen MR) is 136 cm³/mol. The molecule has 5 rings (SSSR count). The molecule has 0 saturated carbocycles. The Morgan fingerprint density at radius 3 is 2.45 bits per heavy atom. The SMILES string of the molecule is Cc1ccc(N2CCN(C(=O)C3CCc4ccccc4C3)CC2c2ccc(Cl)cc2)c(Cl)c1. The van der Waals surface area contributed by atoms with Crippen LogP contribution < -0.4 is 4.90 Å². The third-order valence-corrected chi connectivity index (χ3v) is 7.61. The van der Waals surface area contributed by atoms with E-state index in [2.05, 4.69) is 58.3 Å². The molecule has 33 heavy (non-hydrogen) atoms. The van der Waals surface area contributed by atoms with Crippen LogP contribution >= 0.6 is 23.2 Å². The molecule has 170 valence electrons. The molecule has 1 heterocycles. The van der Waals surface area contributed by atoms with E-state index < -0.39 is 0 Å². The molecule has 0 spiro atoms. The zero-order valence-corrected chi connectivity index (χ0v) is 20.3. The van der Waals surface area contributed by atoms with Crippen molar-refractivity contribution in [3.05, 3.63) is 99.0 Å². The van der Waals surface area contributed by atoms with Crippen molar-refractivity contribution in [3.63, 3.8) is 0 Å². The van der Waals surface area contributed by atoms with Crippen LogP contribution in [0, 0.1) is 12.8 Å². The van der Waals surface area contributed by atoms with Crippen molar-refractivity contribution < 1.29 is 4.79 Å². The van der Waals surface area contributed by atoms with E-state index in [9.17, 15) is 4.79 Å². The Morgan fingerprint density at radius 1 is 0.939 bits per heavy atom. The molecule has 5 heteroatoms. The van der Waals surface area contributed by atoms with Crippen molar-refractivity contribution in [3.8, 4) is 0 Å². The van der Waals surface area contributed by atoms with E-state index in [0.29, 0.717) is 18.1 Å². The Hall–Kier alpha value is -2.49. The van der Waals surface area contributed by atoms with Crippen molar-refractivity contribution in [2.24, 2.45) is 5.92 Å². The van der Waals surface area contributed by atoms with Crippen LogP contribution in [-0.2, 0) is 17.6 Å². The number of nitrogens with zero attached hydrogens (tertiary/aromatic N) is 2. The van der Waals surface area contributed by atoms with Crippen LogP contribution in [0.15, 0.2) is 66.7 Å². The van der Waals surface area contributed by atoms with Gasteiger partial charge in [0.15, 0.2) is 0 Å². The first-order valence-corrected chi connectivity index (χ1v) is 12.4. The van der Waals surface area contributed by atoms with Crippen molar-refractivity contribution in [1.82, 2.24) is 4.90 Å². The van der Waals surface area contributed by atoms with Gasteiger partial charge in [-0.05, 0) is 72.7 Å². The number of fused-ring (bicyclic) bond motifs is 1. The van der Waals surface area contributed by atoms with E-state index in [4.69, 9.17) is 23.2 Å².